The largest absolute Gasteiger partial charge is 0.372 e. The van der Waals surface area contributed by atoms with Crippen LogP contribution in [0.4, 0.5) is 5.69 Å². The lowest BCUT2D eigenvalue weighted by molar-refractivity contribution is 0.0705. The Labute approximate surface area is 158 Å². The summed E-state index contributed by atoms with van der Waals surface area (Å²) < 4.78 is 0. The molecule has 1 aromatic carbocycles. The minimum absolute atomic E-state index is 0.189. The Morgan fingerprint density at radius 3 is 2.38 bits per heavy atom. The molecule has 0 bridgehead atoms. The summed E-state index contributed by atoms with van der Waals surface area (Å²) in [6.45, 7) is 9.43. The number of nitrogens with zero attached hydrogens (tertiary/aromatic N) is 2. The van der Waals surface area contributed by atoms with Crippen LogP contribution in [0.25, 0.3) is 0 Å². The molecular weight excluding hydrogens is 322 g/mol. The van der Waals surface area contributed by atoms with Crippen molar-refractivity contribution in [2.75, 3.05) is 37.6 Å². The van der Waals surface area contributed by atoms with Crippen LogP contribution in [0.5, 0.6) is 0 Å². The quantitative estimate of drug-likeness (QED) is 0.728. The summed E-state index contributed by atoms with van der Waals surface area (Å²) in [5.41, 5.74) is 2.05. The smallest absolute Gasteiger partial charge is 0.253 e. The van der Waals surface area contributed by atoms with Gasteiger partial charge in [0.2, 0.25) is 0 Å². The first-order chi connectivity index (χ1) is 12.7. The van der Waals surface area contributed by atoms with E-state index in [0.717, 1.165) is 50.5 Å². The molecule has 0 spiro atoms. The summed E-state index contributed by atoms with van der Waals surface area (Å²) in [4.78, 5) is 17.2. The van der Waals surface area contributed by atoms with Crippen LogP contribution in [0.2, 0.25) is 0 Å². The minimum Gasteiger partial charge on any atom is -0.372 e. The fraction of sp³-hybridized carbons (Fsp3) is 0.682. The van der Waals surface area contributed by atoms with Crippen LogP contribution in [0.1, 0.15) is 62.7 Å². The van der Waals surface area contributed by atoms with Gasteiger partial charge in [0, 0.05) is 43.5 Å². The highest BCUT2D eigenvalue weighted by Gasteiger charge is 2.26. The number of hydrogen-bond donors (Lipinski definition) is 1. The van der Waals surface area contributed by atoms with Crippen molar-refractivity contribution >= 4 is 11.6 Å². The third kappa shape index (κ3) is 5.23. The lowest BCUT2D eigenvalue weighted by Gasteiger charge is -2.32. The van der Waals surface area contributed by atoms with Crippen LogP contribution in [0.3, 0.4) is 0 Å². The zero-order chi connectivity index (χ0) is 18.4. The maximum Gasteiger partial charge on any atom is 0.253 e. The zero-order valence-corrected chi connectivity index (χ0v) is 16.5. The lowest BCUT2D eigenvalue weighted by atomic mass is 10.0. The van der Waals surface area contributed by atoms with E-state index >= 15 is 0 Å². The number of unbranched alkanes of at least 4 members (excludes halogenated alkanes) is 1. The molecular formula is C22H35N3O. The van der Waals surface area contributed by atoms with Gasteiger partial charge in [-0.2, -0.15) is 0 Å². The van der Waals surface area contributed by atoms with E-state index in [2.05, 4.69) is 36.2 Å². The Bertz CT molecular complexity index is 559. The van der Waals surface area contributed by atoms with Gasteiger partial charge in [-0.1, -0.05) is 13.3 Å². The maximum absolute atomic E-state index is 12.8. The fourth-order valence-electron chi connectivity index (χ4n) is 3.76. The Kier molecular flexibility index (Phi) is 6.95. The van der Waals surface area contributed by atoms with Gasteiger partial charge in [0.1, 0.15) is 0 Å². The first kappa shape index (κ1) is 19.2. The zero-order valence-electron chi connectivity index (χ0n) is 16.5. The Morgan fingerprint density at radius 1 is 1.12 bits per heavy atom. The van der Waals surface area contributed by atoms with E-state index in [1.165, 1.54) is 37.9 Å². The molecule has 4 heteroatoms. The standard InChI is InChI=1S/C22H35N3O/c1-3-5-14-24(4-2)21-10-8-19(9-11-21)22(26)25-15-12-20(13-16-25)23-17-18-6-7-18/h8-11,18,20,23H,3-7,12-17H2,1-2H3. The molecule has 0 atom stereocenters. The molecule has 144 valence electrons. The van der Waals surface area contributed by atoms with E-state index in [4.69, 9.17) is 0 Å². The van der Waals surface area contributed by atoms with Crippen molar-refractivity contribution in [1.82, 2.24) is 10.2 Å². The monoisotopic (exact) mass is 357 g/mol. The van der Waals surface area contributed by atoms with Crippen molar-refractivity contribution in [3.05, 3.63) is 29.8 Å². The molecule has 1 saturated heterocycles. The Balaban J connectivity index is 1.49. The molecule has 2 aliphatic rings. The molecule has 1 aromatic rings. The maximum atomic E-state index is 12.8. The van der Waals surface area contributed by atoms with Crippen LogP contribution in [0, 0.1) is 5.92 Å². The van der Waals surface area contributed by atoms with Crippen LogP contribution in [-0.2, 0) is 0 Å². The van der Waals surface area contributed by atoms with Crippen molar-refractivity contribution in [1.29, 1.82) is 0 Å². The highest BCUT2D eigenvalue weighted by molar-refractivity contribution is 5.94. The van der Waals surface area contributed by atoms with E-state index in [9.17, 15) is 4.79 Å². The highest BCUT2D eigenvalue weighted by Crippen LogP contribution is 2.28. The Morgan fingerprint density at radius 2 is 1.81 bits per heavy atom. The van der Waals surface area contributed by atoms with Gasteiger partial charge in [-0.25, -0.2) is 0 Å². The second kappa shape index (κ2) is 9.40. The molecule has 26 heavy (non-hydrogen) atoms. The summed E-state index contributed by atoms with van der Waals surface area (Å²) in [7, 11) is 0. The fourth-order valence-corrected chi connectivity index (χ4v) is 3.76. The van der Waals surface area contributed by atoms with Crippen LogP contribution in [-0.4, -0.2) is 49.6 Å². The number of anilines is 1. The number of carbonyl (C=O) groups is 1. The molecule has 1 heterocycles. The van der Waals surface area contributed by atoms with Crippen molar-refractivity contribution in [2.24, 2.45) is 5.92 Å². The first-order valence-corrected chi connectivity index (χ1v) is 10.6. The molecule has 1 saturated carbocycles. The lowest BCUT2D eigenvalue weighted by Crippen LogP contribution is -2.45. The van der Waals surface area contributed by atoms with Gasteiger partial charge in [0.05, 0.1) is 0 Å². The van der Waals surface area contributed by atoms with Crippen molar-refractivity contribution < 1.29 is 4.79 Å². The number of carbonyl (C=O) groups excluding carboxylic acids is 1. The number of likely N-dealkylation sites (tertiary alicyclic amines) is 1. The molecule has 0 aromatic heterocycles. The SMILES string of the molecule is CCCCN(CC)c1ccc(C(=O)N2CCC(NCC3CC3)CC2)cc1. The van der Waals surface area contributed by atoms with Gasteiger partial charge < -0.3 is 15.1 Å². The van der Waals surface area contributed by atoms with Gasteiger partial charge >= 0.3 is 0 Å². The molecule has 4 nitrogen and oxygen atoms in total. The minimum atomic E-state index is 0.189. The van der Waals surface area contributed by atoms with E-state index in [1.54, 1.807) is 0 Å². The molecule has 3 rings (SSSR count). The predicted octanol–water partition coefficient (Wildman–Crippen LogP) is 3.92. The summed E-state index contributed by atoms with van der Waals surface area (Å²) in [5.74, 6) is 1.11. The number of amides is 1. The van der Waals surface area contributed by atoms with E-state index in [1.807, 2.05) is 17.0 Å². The number of benzene rings is 1. The molecule has 0 unspecified atom stereocenters. The van der Waals surface area contributed by atoms with Crippen molar-refractivity contribution in [3.63, 3.8) is 0 Å². The van der Waals surface area contributed by atoms with E-state index in [0.29, 0.717) is 6.04 Å². The summed E-state index contributed by atoms with van der Waals surface area (Å²) >= 11 is 0. The van der Waals surface area contributed by atoms with E-state index in [-0.39, 0.29) is 5.91 Å². The molecule has 1 N–H and O–H groups in total. The average Bonchev–Trinajstić information content (AvgIpc) is 3.52. The number of nitrogens with one attached hydrogen (secondary N) is 1. The van der Waals surface area contributed by atoms with Gasteiger partial charge in [-0.3, -0.25) is 4.79 Å². The normalized spacial score (nSPS) is 18.2. The number of hydrogen-bond acceptors (Lipinski definition) is 3. The Hall–Kier alpha value is -1.55. The number of piperidine rings is 1. The predicted molar refractivity (Wildman–Crippen MR) is 109 cm³/mol. The third-order valence-corrected chi connectivity index (χ3v) is 5.82. The highest BCUT2D eigenvalue weighted by atomic mass is 16.2. The summed E-state index contributed by atoms with van der Waals surface area (Å²) in [5, 5.41) is 3.68. The first-order valence-electron chi connectivity index (χ1n) is 10.6. The third-order valence-electron chi connectivity index (χ3n) is 5.82. The van der Waals surface area contributed by atoms with Gasteiger partial charge in [-0.15, -0.1) is 0 Å². The summed E-state index contributed by atoms with van der Waals surface area (Å²) in [6.07, 6.45) is 7.37. The van der Waals surface area contributed by atoms with Gasteiger partial charge in [0.15, 0.2) is 0 Å². The van der Waals surface area contributed by atoms with Gasteiger partial charge in [0.25, 0.3) is 5.91 Å². The van der Waals surface area contributed by atoms with Crippen molar-refractivity contribution in [2.45, 2.75) is 58.4 Å². The molecule has 2 fully saturated rings. The van der Waals surface area contributed by atoms with Crippen LogP contribution < -0.4 is 10.2 Å². The van der Waals surface area contributed by atoms with Crippen LogP contribution in [0.15, 0.2) is 24.3 Å². The van der Waals surface area contributed by atoms with Crippen LogP contribution >= 0.6 is 0 Å². The topological polar surface area (TPSA) is 35.6 Å². The molecule has 1 amide bonds. The van der Waals surface area contributed by atoms with E-state index < -0.39 is 0 Å². The average molecular weight is 358 g/mol. The summed E-state index contributed by atoms with van der Waals surface area (Å²) in [6, 6.07) is 8.82. The molecule has 1 aliphatic heterocycles. The number of rotatable bonds is 9. The molecule has 0 radical (unpaired) electrons. The molecule has 1 aliphatic carbocycles. The second-order valence-corrected chi connectivity index (χ2v) is 7.90. The van der Waals surface area contributed by atoms with Crippen molar-refractivity contribution in [3.8, 4) is 0 Å². The second-order valence-electron chi connectivity index (χ2n) is 7.90. The van der Waals surface area contributed by atoms with Gasteiger partial charge in [-0.05, 0) is 75.8 Å².